The lowest BCUT2D eigenvalue weighted by Gasteiger charge is -2.07. The van der Waals surface area contributed by atoms with E-state index in [1.54, 1.807) is 0 Å². The van der Waals surface area contributed by atoms with Crippen LogP contribution in [0.3, 0.4) is 0 Å². The van der Waals surface area contributed by atoms with Gasteiger partial charge in [-0.25, -0.2) is 0 Å². The zero-order chi connectivity index (χ0) is 17.9. The highest BCUT2D eigenvalue weighted by Crippen LogP contribution is 2.22. The Balaban J connectivity index is 2.04. The summed E-state index contributed by atoms with van der Waals surface area (Å²) in [5, 5.41) is 20.4. The van der Waals surface area contributed by atoms with Crippen molar-refractivity contribution in [1.29, 1.82) is 0 Å². The van der Waals surface area contributed by atoms with Gasteiger partial charge in [-0.15, -0.1) is 10.2 Å². The summed E-state index contributed by atoms with van der Waals surface area (Å²) in [4.78, 5) is 33.2. The van der Waals surface area contributed by atoms with Gasteiger partial charge in [-0.05, 0) is 19.1 Å². The Morgan fingerprint density at radius 3 is 2.88 bits per heavy atom. The molecule has 1 amide bonds. The molecule has 0 saturated heterocycles. The molecule has 1 heterocycles. The van der Waals surface area contributed by atoms with Crippen molar-refractivity contribution in [2.45, 2.75) is 12.1 Å². The minimum Gasteiger partial charge on any atom is -0.334 e. The molecule has 3 N–H and O–H groups in total. The van der Waals surface area contributed by atoms with Crippen LogP contribution in [0.25, 0.3) is 0 Å². The molecular formula is C12H11FN6O4S. The monoisotopic (exact) mass is 354 g/mol. The van der Waals surface area contributed by atoms with Gasteiger partial charge in [-0.2, -0.15) is 9.07 Å². The van der Waals surface area contributed by atoms with Crippen molar-refractivity contribution >= 4 is 29.0 Å². The van der Waals surface area contributed by atoms with E-state index in [1.807, 2.05) is 0 Å². The van der Waals surface area contributed by atoms with E-state index in [0.717, 1.165) is 28.6 Å². The first-order chi connectivity index (χ1) is 11.3. The lowest BCUT2D eigenvalue weighted by atomic mass is 10.2. The van der Waals surface area contributed by atoms with Crippen LogP contribution in [0.4, 0.5) is 15.8 Å². The smallest absolute Gasteiger partial charge is 0.306 e. The number of nitrogens with two attached hydrogens (primary N) is 1. The summed E-state index contributed by atoms with van der Waals surface area (Å²) in [5.41, 5.74) is -1.11. The second-order valence-electron chi connectivity index (χ2n) is 4.50. The molecule has 0 spiro atoms. The van der Waals surface area contributed by atoms with Gasteiger partial charge in [0, 0.05) is 11.8 Å². The van der Waals surface area contributed by atoms with Crippen molar-refractivity contribution in [3.63, 3.8) is 0 Å². The van der Waals surface area contributed by atoms with E-state index < -0.39 is 27.9 Å². The maximum absolute atomic E-state index is 13.2. The summed E-state index contributed by atoms with van der Waals surface area (Å²) < 4.78 is 14.0. The number of nitrogens with zero attached hydrogens (tertiary/aromatic N) is 4. The SMILES string of the molecule is Cc1nnc(SCC(=O)Nc2ccc(F)c([N+](=O)[O-])c2)n(N)c1=O. The fourth-order valence-electron chi connectivity index (χ4n) is 1.63. The predicted molar refractivity (Wildman–Crippen MR) is 83.6 cm³/mol. The number of rotatable bonds is 5. The Kier molecular flexibility index (Phi) is 5.08. The number of benzene rings is 1. The zero-order valence-electron chi connectivity index (χ0n) is 12.2. The van der Waals surface area contributed by atoms with E-state index >= 15 is 0 Å². The van der Waals surface area contributed by atoms with Gasteiger partial charge in [0.2, 0.25) is 16.9 Å². The number of nitro groups is 1. The predicted octanol–water partition coefficient (Wildman–Crippen LogP) is 0.439. The van der Waals surface area contributed by atoms with Crippen molar-refractivity contribution in [1.82, 2.24) is 14.9 Å². The molecule has 24 heavy (non-hydrogen) atoms. The highest BCUT2D eigenvalue weighted by Gasteiger charge is 2.16. The average molecular weight is 354 g/mol. The maximum Gasteiger partial charge on any atom is 0.306 e. The molecule has 0 unspecified atom stereocenters. The van der Waals surface area contributed by atoms with Gasteiger partial charge in [0.1, 0.15) is 5.69 Å². The van der Waals surface area contributed by atoms with Gasteiger partial charge in [0.25, 0.3) is 5.56 Å². The summed E-state index contributed by atoms with van der Waals surface area (Å²) in [7, 11) is 0. The number of thioether (sulfide) groups is 1. The normalized spacial score (nSPS) is 10.4. The number of aryl methyl sites for hydroxylation is 1. The number of anilines is 1. The topological polar surface area (TPSA) is 146 Å². The number of amides is 1. The molecule has 0 aliphatic carbocycles. The molecule has 0 radical (unpaired) electrons. The molecule has 1 aromatic carbocycles. The van der Waals surface area contributed by atoms with Gasteiger partial charge in [-0.1, -0.05) is 11.8 Å². The molecule has 0 aliphatic rings. The van der Waals surface area contributed by atoms with E-state index in [-0.39, 0.29) is 22.3 Å². The number of nitro benzene ring substituents is 1. The molecule has 0 saturated carbocycles. The third-order valence-corrected chi connectivity index (χ3v) is 3.72. The number of aromatic nitrogens is 3. The summed E-state index contributed by atoms with van der Waals surface area (Å²) in [6.07, 6.45) is 0. The Morgan fingerprint density at radius 1 is 1.50 bits per heavy atom. The summed E-state index contributed by atoms with van der Waals surface area (Å²) in [6.45, 7) is 1.45. The second kappa shape index (κ2) is 7.04. The van der Waals surface area contributed by atoms with Crippen LogP contribution >= 0.6 is 11.8 Å². The highest BCUT2D eigenvalue weighted by molar-refractivity contribution is 7.99. The van der Waals surface area contributed by atoms with Crippen molar-refractivity contribution in [2.24, 2.45) is 0 Å². The first-order valence-corrected chi connectivity index (χ1v) is 7.36. The van der Waals surface area contributed by atoms with Gasteiger partial charge in [0.15, 0.2) is 0 Å². The van der Waals surface area contributed by atoms with Crippen LogP contribution in [-0.4, -0.2) is 31.5 Å². The Bertz CT molecular complexity index is 871. The molecule has 2 rings (SSSR count). The summed E-state index contributed by atoms with van der Waals surface area (Å²) >= 11 is 0.855. The Hall–Kier alpha value is -3.02. The minimum atomic E-state index is -1.01. The van der Waals surface area contributed by atoms with Gasteiger partial charge in [0.05, 0.1) is 10.7 Å². The van der Waals surface area contributed by atoms with Crippen molar-refractivity contribution in [3.05, 3.63) is 50.2 Å². The lowest BCUT2D eigenvalue weighted by Crippen LogP contribution is -2.32. The molecule has 0 bridgehead atoms. The van der Waals surface area contributed by atoms with Gasteiger partial charge < -0.3 is 11.2 Å². The fourth-order valence-corrected chi connectivity index (χ4v) is 2.28. The number of nitrogens with one attached hydrogen (secondary N) is 1. The largest absolute Gasteiger partial charge is 0.334 e. The second-order valence-corrected chi connectivity index (χ2v) is 5.45. The molecule has 0 atom stereocenters. The summed E-state index contributed by atoms with van der Waals surface area (Å²) in [5.74, 6) is 3.79. The van der Waals surface area contributed by atoms with E-state index in [2.05, 4.69) is 15.5 Å². The summed E-state index contributed by atoms with van der Waals surface area (Å²) in [6, 6.07) is 2.97. The maximum atomic E-state index is 13.2. The number of hydrogen-bond donors (Lipinski definition) is 2. The average Bonchev–Trinajstić information content (AvgIpc) is 2.53. The minimum absolute atomic E-state index is 0.0332. The van der Waals surface area contributed by atoms with E-state index in [9.17, 15) is 24.1 Å². The van der Waals surface area contributed by atoms with E-state index in [1.165, 1.54) is 13.0 Å². The Labute approximate surface area is 138 Å². The lowest BCUT2D eigenvalue weighted by molar-refractivity contribution is -0.387. The first kappa shape index (κ1) is 17.3. The standard InChI is InChI=1S/C12H11FN6O4S/c1-6-11(21)18(14)12(17-16-6)24-5-10(20)15-7-2-3-8(13)9(4-7)19(22)23/h2-4H,5,14H2,1H3,(H,15,20). The molecular weight excluding hydrogens is 343 g/mol. The number of hydrogen-bond acceptors (Lipinski definition) is 8. The van der Waals surface area contributed by atoms with E-state index in [0.29, 0.717) is 0 Å². The first-order valence-electron chi connectivity index (χ1n) is 6.37. The number of carbonyl (C=O) groups is 1. The van der Waals surface area contributed by atoms with Crippen LogP contribution in [0.15, 0.2) is 28.2 Å². The van der Waals surface area contributed by atoms with Crippen LogP contribution in [0.1, 0.15) is 5.69 Å². The quantitative estimate of drug-likeness (QED) is 0.340. The van der Waals surface area contributed by atoms with Crippen molar-refractivity contribution in [3.8, 4) is 0 Å². The Morgan fingerprint density at radius 2 is 2.21 bits per heavy atom. The molecule has 2 aromatic rings. The number of nitrogen functional groups attached to an aromatic ring is 1. The van der Waals surface area contributed by atoms with Crippen LogP contribution in [0.2, 0.25) is 0 Å². The molecule has 126 valence electrons. The molecule has 0 aliphatic heterocycles. The van der Waals surface area contributed by atoms with E-state index in [4.69, 9.17) is 5.84 Å². The van der Waals surface area contributed by atoms with Crippen molar-refractivity contribution < 1.29 is 14.1 Å². The molecule has 0 fully saturated rings. The molecule has 1 aromatic heterocycles. The fraction of sp³-hybridized carbons (Fsp3) is 0.167. The third kappa shape index (κ3) is 3.84. The highest BCUT2D eigenvalue weighted by atomic mass is 32.2. The number of carbonyl (C=O) groups excluding carboxylic acids is 1. The van der Waals surface area contributed by atoms with Gasteiger partial charge >= 0.3 is 5.69 Å². The zero-order valence-corrected chi connectivity index (χ0v) is 13.0. The van der Waals surface area contributed by atoms with Crippen LogP contribution in [0, 0.1) is 22.9 Å². The number of halogens is 1. The van der Waals surface area contributed by atoms with Crippen molar-refractivity contribution in [2.75, 3.05) is 16.9 Å². The molecule has 12 heteroatoms. The molecule has 10 nitrogen and oxygen atoms in total. The van der Waals surface area contributed by atoms with Gasteiger partial charge in [-0.3, -0.25) is 19.7 Å². The van der Waals surface area contributed by atoms with Crippen LogP contribution < -0.4 is 16.7 Å². The van der Waals surface area contributed by atoms with Crippen LogP contribution in [-0.2, 0) is 4.79 Å². The van der Waals surface area contributed by atoms with Crippen LogP contribution in [0.5, 0.6) is 0 Å². The third-order valence-electron chi connectivity index (χ3n) is 2.78.